The van der Waals surface area contributed by atoms with Gasteiger partial charge in [-0.2, -0.15) is 0 Å². The molecule has 5 nitrogen and oxygen atoms in total. The second-order valence-corrected chi connectivity index (χ2v) is 7.76. The number of nitrogens with zero attached hydrogens (tertiary/aromatic N) is 1. The van der Waals surface area contributed by atoms with Crippen LogP contribution in [0, 0.1) is 0 Å². The molecule has 0 fully saturated rings. The highest BCUT2D eigenvalue weighted by atomic mass is 35.5. The van der Waals surface area contributed by atoms with Crippen LogP contribution < -0.4 is 10.1 Å². The molecule has 2 aromatic carbocycles. The molecular formula is C22H26Cl2N2O3. The molecule has 2 aromatic rings. The lowest BCUT2D eigenvalue weighted by molar-refractivity contribution is -0.142. The lowest BCUT2D eigenvalue weighted by Crippen LogP contribution is -2.50. The quantitative estimate of drug-likeness (QED) is 0.619. The van der Waals surface area contributed by atoms with Crippen LogP contribution in [-0.4, -0.2) is 35.4 Å². The molecule has 0 aromatic heterocycles. The van der Waals surface area contributed by atoms with E-state index < -0.39 is 6.04 Å². The molecule has 2 amide bonds. The summed E-state index contributed by atoms with van der Waals surface area (Å²) in [6.45, 7) is 5.69. The Labute approximate surface area is 181 Å². The van der Waals surface area contributed by atoms with Crippen LogP contribution in [0.3, 0.4) is 0 Å². The van der Waals surface area contributed by atoms with Gasteiger partial charge in [-0.25, -0.2) is 0 Å². The summed E-state index contributed by atoms with van der Waals surface area (Å²) < 4.78 is 5.59. The summed E-state index contributed by atoms with van der Waals surface area (Å²) in [6, 6.07) is 13.3. The molecule has 0 spiro atoms. The predicted molar refractivity (Wildman–Crippen MR) is 116 cm³/mol. The zero-order valence-electron chi connectivity index (χ0n) is 16.8. The number of hydrogen-bond acceptors (Lipinski definition) is 3. The molecule has 1 N–H and O–H groups in total. The molecule has 0 radical (unpaired) electrons. The molecule has 0 saturated carbocycles. The summed E-state index contributed by atoms with van der Waals surface area (Å²) in [5, 5.41) is 4.09. The summed E-state index contributed by atoms with van der Waals surface area (Å²) in [5.41, 5.74) is 0.834. The van der Waals surface area contributed by atoms with Crippen LogP contribution in [0.15, 0.2) is 48.5 Å². The minimum absolute atomic E-state index is 0.0263. The van der Waals surface area contributed by atoms with E-state index in [-0.39, 0.29) is 31.0 Å². The fraction of sp³-hybridized carbons (Fsp3) is 0.364. The van der Waals surface area contributed by atoms with E-state index in [0.29, 0.717) is 15.8 Å². The van der Waals surface area contributed by atoms with Crippen molar-refractivity contribution < 1.29 is 14.3 Å². The van der Waals surface area contributed by atoms with Crippen LogP contribution in [0.2, 0.25) is 10.0 Å². The van der Waals surface area contributed by atoms with Crippen molar-refractivity contribution in [3.63, 3.8) is 0 Å². The Balaban J connectivity index is 2.14. The number of hydrogen-bond donors (Lipinski definition) is 1. The van der Waals surface area contributed by atoms with Gasteiger partial charge in [-0.15, -0.1) is 0 Å². The fourth-order valence-electron chi connectivity index (χ4n) is 2.64. The number of nitrogens with one attached hydrogen (secondary N) is 1. The van der Waals surface area contributed by atoms with Gasteiger partial charge in [0.15, 0.2) is 6.61 Å². The molecule has 0 aliphatic carbocycles. The minimum atomic E-state index is -0.663. The number of halogens is 2. The lowest BCUT2D eigenvalue weighted by Gasteiger charge is -2.29. The minimum Gasteiger partial charge on any atom is -0.484 e. The second-order valence-electron chi connectivity index (χ2n) is 6.89. The zero-order chi connectivity index (χ0) is 21.4. The largest absolute Gasteiger partial charge is 0.484 e. The summed E-state index contributed by atoms with van der Waals surface area (Å²) in [7, 11) is 0. The van der Waals surface area contributed by atoms with Gasteiger partial charge in [0, 0.05) is 22.6 Å². The van der Waals surface area contributed by atoms with E-state index in [1.807, 2.05) is 26.0 Å². The van der Waals surface area contributed by atoms with Crippen molar-refractivity contribution in [1.82, 2.24) is 10.2 Å². The Morgan fingerprint density at radius 2 is 1.76 bits per heavy atom. The standard InChI is InChI=1S/C22H26Cl2N2O3/c1-4-15(2)25-22(28)16(3)26(13-17-6-5-7-19(24)12-17)21(27)14-29-20-10-8-18(23)9-11-20/h5-12,15-16H,4,13-14H2,1-3H3,(H,25,28)/t15-,16+/m0/s1. The number of carbonyl (C=O) groups is 2. The van der Waals surface area contributed by atoms with Gasteiger partial charge >= 0.3 is 0 Å². The SMILES string of the molecule is CC[C@H](C)NC(=O)[C@@H](C)N(Cc1cccc(Cl)c1)C(=O)COc1ccc(Cl)cc1. The molecule has 0 unspecified atom stereocenters. The van der Waals surface area contributed by atoms with Crippen molar-refractivity contribution in [2.75, 3.05) is 6.61 Å². The van der Waals surface area contributed by atoms with Crippen molar-refractivity contribution in [3.05, 3.63) is 64.1 Å². The van der Waals surface area contributed by atoms with Crippen molar-refractivity contribution >= 4 is 35.0 Å². The molecule has 0 aliphatic heterocycles. The summed E-state index contributed by atoms with van der Waals surface area (Å²) in [5.74, 6) is 0.0233. The van der Waals surface area contributed by atoms with E-state index in [9.17, 15) is 9.59 Å². The Morgan fingerprint density at radius 3 is 2.38 bits per heavy atom. The Hall–Kier alpha value is -2.24. The van der Waals surface area contributed by atoms with Crippen LogP contribution in [0.5, 0.6) is 5.75 Å². The van der Waals surface area contributed by atoms with Crippen molar-refractivity contribution in [2.45, 2.75) is 45.8 Å². The first-order valence-electron chi connectivity index (χ1n) is 9.52. The van der Waals surface area contributed by atoms with E-state index in [4.69, 9.17) is 27.9 Å². The molecule has 2 atom stereocenters. The maximum absolute atomic E-state index is 12.9. The number of carbonyl (C=O) groups excluding carboxylic acids is 2. The van der Waals surface area contributed by atoms with Crippen molar-refractivity contribution in [3.8, 4) is 5.75 Å². The summed E-state index contributed by atoms with van der Waals surface area (Å²) >= 11 is 11.9. The van der Waals surface area contributed by atoms with E-state index >= 15 is 0 Å². The van der Waals surface area contributed by atoms with Crippen LogP contribution in [0.4, 0.5) is 0 Å². The highest BCUT2D eigenvalue weighted by Gasteiger charge is 2.27. The van der Waals surface area contributed by atoms with Gasteiger partial charge in [0.1, 0.15) is 11.8 Å². The molecule has 0 aliphatic rings. The normalized spacial score (nSPS) is 12.7. The third-order valence-corrected chi connectivity index (χ3v) is 5.07. The van der Waals surface area contributed by atoms with E-state index in [1.165, 1.54) is 4.90 Å². The maximum atomic E-state index is 12.9. The van der Waals surface area contributed by atoms with Gasteiger partial charge in [-0.05, 0) is 62.2 Å². The Bertz CT molecular complexity index is 827. The smallest absolute Gasteiger partial charge is 0.261 e. The van der Waals surface area contributed by atoms with Gasteiger partial charge < -0.3 is 15.0 Å². The molecule has 29 heavy (non-hydrogen) atoms. The van der Waals surface area contributed by atoms with Crippen LogP contribution >= 0.6 is 23.2 Å². The molecular weight excluding hydrogens is 411 g/mol. The topological polar surface area (TPSA) is 58.6 Å². The van der Waals surface area contributed by atoms with Crippen LogP contribution in [0.1, 0.15) is 32.8 Å². The number of rotatable bonds is 9. The molecule has 2 rings (SSSR count). The number of ether oxygens (including phenoxy) is 1. The van der Waals surface area contributed by atoms with Gasteiger partial charge in [0.2, 0.25) is 5.91 Å². The summed E-state index contributed by atoms with van der Waals surface area (Å²) in [4.78, 5) is 27.1. The fourth-order valence-corrected chi connectivity index (χ4v) is 2.98. The monoisotopic (exact) mass is 436 g/mol. The maximum Gasteiger partial charge on any atom is 0.261 e. The highest BCUT2D eigenvalue weighted by molar-refractivity contribution is 6.30. The van der Waals surface area contributed by atoms with E-state index in [2.05, 4.69) is 5.32 Å². The first kappa shape index (κ1) is 23.0. The molecule has 0 heterocycles. The Morgan fingerprint density at radius 1 is 1.07 bits per heavy atom. The molecule has 156 valence electrons. The number of amides is 2. The zero-order valence-corrected chi connectivity index (χ0v) is 18.3. The number of benzene rings is 2. The van der Waals surface area contributed by atoms with Crippen LogP contribution in [-0.2, 0) is 16.1 Å². The van der Waals surface area contributed by atoms with Gasteiger partial charge in [-0.3, -0.25) is 9.59 Å². The molecule has 7 heteroatoms. The molecule has 0 saturated heterocycles. The van der Waals surface area contributed by atoms with Gasteiger partial charge in [0.05, 0.1) is 0 Å². The van der Waals surface area contributed by atoms with E-state index in [0.717, 1.165) is 12.0 Å². The first-order valence-corrected chi connectivity index (χ1v) is 10.3. The highest BCUT2D eigenvalue weighted by Crippen LogP contribution is 2.17. The first-order chi connectivity index (χ1) is 13.8. The van der Waals surface area contributed by atoms with Crippen molar-refractivity contribution in [2.24, 2.45) is 0 Å². The van der Waals surface area contributed by atoms with Gasteiger partial charge in [-0.1, -0.05) is 42.3 Å². The summed E-state index contributed by atoms with van der Waals surface area (Å²) in [6.07, 6.45) is 0.806. The van der Waals surface area contributed by atoms with Gasteiger partial charge in [0.25, 0.3) is 5.91 Å². The third-order valence-electron chi connectivity index (χ3n) is 4.59. The molecule has 0 bridgehead atoms. The van der Waals surface area contributed by atoms with Crippen LogP contribution in [0.25, 0.3) is 0 Å². The van der Waals surface area contributed by atoms with E-state index in [1.54, 1.807) is 43.3 Å². The lowest BCUT2D eigenvalue weighted by atomic mass is 10.1. The predicted octanol–water partition coefficient (Wildman–Crippen LogP) is 4.70. The second kappa shape index (κ2) is 11.1. The Kier molecular flexibility index (Phi) is 8.80. The van der Waals surface area contributed by atoms with Crippen molar-refractivity contribution in [1.29, 1.82) is 0 Å². The average molecular weight is 437 g/mol. The third kappa shape index (κ3) is 7.26. The average Bonchev–Trinajstić information content (AvgIpc) is 2.70.